The molecule has 1 aromatic heterocycles. The molecule has 0 saturated carbocycles. The van der Waals surface area contributed by atoms with Gasteiger partial charge in [0.05, 0.1) is 27.9 Å². The van der Waals surface area contributed by atoms with Crippen LogP contribution in [0.25, 0.3) is 10.2 Å². The monoisotopic (exact) mass is 207 g/mol. The molecule has 0 aliphatic rings. The Morgan fingerprint density at radius 3 is 3.21 bits per heavy atom. The molecule has 0 N–H and O–H groups in total. The van der Waals surface area contributed by atoms with E-state index in [0.717, 1.165) is 10.2 Å². The summed E-state index contributed by atoms with van der Waals surface area (Å²) in [5.41, 5.74) is 3.27. The lowest BCUT2D eigenvalue weighted by Gasteiger charge is -2.00. The zero-order valence-electron chi connectivity index (χ0n) is 7.69. The highest BCUT2D eigenvalue weighted by atomic mass is 32.1. The van der Waals surface area contributed by atoms with Gasteiger partial charge in [-0.2, -0.15) is 0 Å². The summed E-state index contributed by atoms with van der Waals surface area (Å²) in [5.74, 6) is -0.275. The number of hydrogen-bond donors (Lipinski definition) is 0. The number of benzene rings is 1. The van der Waals surface area contributed by atoms with E-state index in [1.165, 1.54) is 11.3 Å². The second-order valence-corrected chi connectivity index (χ2v) is 3.64. The van der Waals surface area contributed by atoms with Crippen molar-refractivity contribution >= 4 is 27.5 Å². The van der Waals surface area contributed by atoms with Crippen LogP contribution in [0.15, 0.2) is 23.7 Å². The number of nitrogens with zero attached hydrogens (tertiary/aromatic N) is 1. The summed E-state index contributed by atoms with van der Waals surface area (Å²) in [6, 6.07) is 5.38. The molecular weight excluding hydrogens is 198 g/mol. The second kappa shape index (κ2) is 3.75. The lowest BCUT2D eigenvalue weighted by atomic mass is 10.2. The first-order valence-corrected chi connectivity index (χ1v) is 5.19. The van der Waals surface area contributed by atoms with Gasteiger partial charge in [0, 0.05) is 0 Å². The average Bonchev–Trinajstić information content (AvgIpc) is 2.64. The van der Waals surface area contributed by atoms with Gasteiger partial charge in [0.15, 0.2) is 0 Å². The molecule has 0 fully saturated rings. The van der Waals surface area contributed by atoms with E-state index in [0.29, 0.717) is 12.2 Å². The number of thiazole rings is 1. The third kappa shape index (κ3) is 1.61. The number of rotatable bonds is 2. The Morgan fingerprint density at radius 1 is 1.57 bits per heavy atom. The number of ether oxygens (including phenoxy) is 1. The maximum Gasteiger partial charge on any atom is 0.338 e. The molecule has 0 amide bonds. The number of esters is 1. The zero-order chi connectivity index (χ0) is 9.97. The molecule has 0 aliphatic carbocycles. The van der Waals surface area contributed by atoms with Crippen LogP contribution in [0.1, 0.15) is 17.3 Å². The lowest BCUT2D eigenvalue weighted by molar-refractivity contribution is 0.0526. The van der Waals surface area contributed by atoms with Gasteiger partial charge in [0.25, 0.3) is 0 Å². The van der Waals surface area contributed by atoms with E-state index in [1.807, 2.05) is 12.1 Å². The quantitative estimate of drug-likeness (QED) is 0.710. The van der Waals surface area contributed by atoms with Crippen molar-refractivity contribution in [3.63, 3.8) is 0 Å². The topological polar surface area (TPSA) is 39.2 Å². The summed E-state index contributed by atoms with van der Waals surface area (Å²) in [6.45, 7) is 2.20. The lowest BCUT2D eigenvalue weighted by Crippen LogP contribution is -2.03. The highest BCUT2D eigenvalue weighted by Gasteiger charge is 2.07. The third-order valence-electron chi connectivity index (χ3n) is 1.84. The van der Waals surface area contributed by atoms with Gasteiger partial charge in [-0.3, -0.25) is 0 Å². The van der Waals surface area contributed by atoms with E-state index in [2.05, 4.69) is 4.98 Å². The fourth-order valence-electron chi connectivity index (χ4n) is 1.20. The average molecular weight is 207 g/mol. The summed E-state index contributed by atoms with van der Waals surface area (Å²) in [4.78, 5) is 15.5. The Morgan fingerprint density at radius 2 is 2.43 bits per heavy atom. The first-order chi connectivity index (χ1) is 6.81. The highest BCUT2D eigenvalue weighted by molar-refractivity contribution is 7.16. The van der Waals surface area contributed by atoms with E-state index >= 15 is 0 Å². The maximum absolute atomic E-state index is 11.4. The Hall–Kier alpha value is -1.42. The van der Waals surface area contributed by atoms with Crippen molar-refractivity contribution in [1.82, 2.24) is 4.98 Å². The number of fused-ring (bicyclic) bond motifs is 1. The van der Waals surface area contributed by atoms with Gasteiger partial charge in [0.2, 0.25) is 0 Å². The van der Waals surface area contributed by atoms with Crippen LogP contribution >= 0.6 is 11.3 Å². The molecule has 0 bridgehead atoms. The van der Waals surface area contributed by atoms with Crippen LogP contribution in [0.4, 0.5) is 0 Å². The largest absolute Gasteiger partial charge is 0.462 e. The van der Waals surface area contributed by atoms with E-state index in [9.17, 15) is 4.79 Å². The van der Waals surface area contributed by atoms with E-state index in [1.54, 1.807) is 18.5 Å². The Bertz CT molecular complexity index is 464. The van der Waals surface area contributed by atoms with Crippen molar-refractivity contribution in [2.45, 2.75) is 6.92 Å². The molecule has 0 atom stereocenters. The molecule has 0 spiro atoms. The second-order valence-electron chi connectivity index (χ2n) is 2.76. The van der Waals surface area contributed by atoms with Crippen molar-refractivity contribution < 1.29 is 9.53 Å². The molecule has 14 heavy (non-hydrogen) atoms. The SMILES string of the molecule is CCOC(=O)c1ccc2ncsc2c1. The summed E-state index contributed by atoms with van der Waals surface area (Å²) in [7, 11) is 0. The third-order valence-corrected chi connectivity index (χ3v) is 2.63. The predicted octanol–water partition coefficient (Wildman–Crippen LogP) is 2.47. The Labute approximate surface area is 85.3 Å². The van der Waals surface area contributed by atoms with Gasteiger partial charge in [-0.15, -0.1) is 11.3 Å². The van der Waals surface area contributed by atoms with E-state index in [4.69, 9.17) is 4.74 Å². The molecule has 2 rings (SSSR count). The maximum atomic E-state index is 11.4. The van der Waals surface area contributed by atoms with Crippen LogP contribution in [0.2, 0.25) is 0 Å². The van der Waals surface area contributed by atoms with Crippen LogP contribution in [0.3, 0.4) is 0 Å². The Balaban J connectivity index is 2.38. The van der Waals surface area contributed by atoms with Crippen LogP contribution in [-0.4, -0.2) is 17.6 Å². The van der Waals surface area contributed by atoms with E-state index in [-0.39, 0.29) is 5.97 Å². The highest BCUT2D eigenvalue weighted by Crippen LogP contribution is 2.19. The minimum Gasteiger partial charge on any atom is -0.462 e. The van der Waals surface area contributed by atoms with Gasteiger partial charge in [-0.25, -0.2) is 9.78 Å². The molecule has 1 heterocycles. The van der Waals surface area contributed by atoms with Crippen molar-refractivity contribution in [2.75, 3.05) is 6.61 Å². The molecule has 4 heteroatoms. The molecular formula is C10H9NO2S. The van der Waals surface area contributed by atoms with E-state index < -0.39 is 0 Å². The minimum atomic E-state index is -0.275. The molecule has 0 radical (unpaired) electrons. The van der Waals surface area contributed by atoms with Crippen molar-refractivity contribution in [1.29, 1.82) is 0 Å². The summed E-state index contributed by atoms with van der Waals surface area (Å²) in [5, 5.41) is 0. The molecule has 72 valence electrons. The molecule has 0 saturated heterocycles. The molecule has 2 aromatic rings. The number of hydrogen-bond acceptors (Lipinski definition) is 4. The first-order valence-electron chi connectivity index (χ1n) is 4.31. The van der Waals surface area contributed by atoms with Crippen molar-refractivity contribution in [2.24, 2.45) is 0 Å². The normalized spacial score (nSPS) is 10.4. The van der Waals surface area contributed by atoms with Gasteiger partial charge in [0.1, 0.15) is 0 Å². The number of carbonyl (C=O) groups is 1. The molecule has 0 aliphatic heterocycles. The summed E-state index contributed by atoms with van der Waals surface area (Å²) in [6.07, 6.45) is 0. The van der Waals surface area contributed by atoms with Gasteiger partial charge >= 0.3 is 5.97 Å². The molecule has 0 unspecified atom stereocenters. The van der Waals surface area contributed by atoms with Crippen molar-refractivity contribution in [3.8, 4) is 0 Å². The van der Waals surface area contributed by atoms with Gasteiger partial charge < -0.3 is 4.74 Å². The van der Waals surface area contributed by atoms with Crippen LogP contribution in [-0.2, 0) is 4.74 Å². The minimum absolute atomic E-state index is 0.275. The predicted molar refractivity (Wildman–Crippen MR) is 55.6 cm³/mol. The Kier molecular flexibility index (Phi) is 2.45. The van der Waals surface area contributed by atoms with Crippen molar-refractivity contribution in [3.05, 3.63) is 29.3 Å². The standard InChI is InChI=1S/C10H9NO2S/c1-2-13-10(12)7-3-4-8-9(5-7)14-6-11-8/h3-6H,2H2,1H3. The zero-order valence-corrected chi connectivity index (χ0v) is 8.50. The fourth-order valence-corrected chi connectivity index (χ4v) is 1.91. The fraction of sp³-hybridized carbons (Fsp3) is 0.200. The molecule has 1 aromatic carbocycles. The summed E-state index contributed by atoms with van der Waals surface area (Å²) >= 11 is 1.52. The number of aromatic nitrogens is 1. The first kappa shape index (κ1) is 9.15. The van der Waals surface area contributed by atoms with Gasteiger partial charge in [-0.05, 0) is 25.1 Å². The van der Waals surface area contributed by atoms with Crippen LogP contribution in [0, 0.1) is 0 Å². The smallest absolute Gasteiger partial charge is 0.338 e. The van der Waals surface area contributed by atoms with Gasteiger partial charge in [-0.1, -0.05) is 0 Å². The number of carbonyl (C=O) groups excluding carboxylic acids is 1. The summed E-state index contributed by atoms with van der Waals surface area (Å²) < 4.78 is 5.91. The van der Waals surface area contributed by atoms with Crippen LogP contribution in [0.5, 0.6) is 0 Å². The molecule has 3 nitrogen and oxygen atoms in total. The van der Waals surface area contributed by atoms with Crippen LogP contribution < -0.4 is 0 Å².